The molecule has 0 atom stereocenters. The molecule has 8 heteroatoms. The molecule has 0 spiro atoms. The fourth-order valence-corrected chi connectivity index (χ4v) is 1.92. The monoisotopic (exact) mass is 283 g/mol. The van der Waals surface area contributed by atoms with Gasteiger partial charge in [-0.25, -0.2) is 27.6 Å². The molecule has 0 radical (unpaired) electrons. The van der Waals surface area contributed by atoms with Crippen LogP contribution in [0.3, 0.4) is 0 Å². The largest absolute Gasteiger partial charge is 0.475 e. The first-order valence-electron chi connectivity index (χ1n) is 5.82. The molecule has 20 heavy (non-hydrogen) atoms. The molecule has 1 saturated carbocycles. The van der Waals surface area contributed by atoms with Crippen molar-refractivity contribution in [3.63, 3.8) is 0 Å². The van der Waals surface area contributed by atoms with Crippen LogP contribution in [0.2, 0.25) is 0 Å². The van der Waals surface area contributed by atoms with Gasteiger partial charge in [0.25, 0.3) is 5.82 Å². The van der Waals surface area contributed by atoms with E-state index in [1.54, 1.807) is 0 Å². The standard InChI is InChI=1S/C12H8F3N3O2/c13-6-3-7(14)9(8(15)4-6)18-11(5-1-2-5)16-10(17-18)12(19)20/h3-5H,1-2H2,(H,19,20). The first kappa shape index (κ1) is 12.6. The molecule has 1 fully saturated rings. The molecule has 0 bridgehead atoms. The molecule has 0 unspecified atom stereocenters. The molecular weight excluding hydrogens is 275 g/mol. The Labute approximate surface area is 110 Å². The molecule has 1 aliphatic carbocycles. The minimum atomic E-state index is -1.39. The quantitative estimate of drug-likeness (QED) is 0.938. The lowest BCUT2D eigenvalue weighted by atomic mass is 10.2. The molecule has 5 nitrogen and oxygen atoms in total. The van der Waals surface area contributed by atoms with E-state index in [1.807, 2.05) is 0 Å². The van der Waals surface area contributed by atoms with Crippen molar-refractivity contribution in [3.05, 3.63) is 41.2 Å². The SMILES string of the molecule is O=C(O)c1nc(C2CC2)n(-c2c(F)cc(F)cc2F)n1. The van der Waals surface area contributed by atoms with Crippen LogP contribution in [-0.4, -0.2) is 25.8 Å². The predicted octanol–water partition coefficient (Wildman–Crippen LogP) is 2.26. The topological polar surface area (TPSA) is 68.0 Å². The van der Waals surface area contributed by atoms with Crippen LogP contribution < -0.4 is 0 Å². The molecule has 0 aliphatic heterocycles. The summed E-state index contributed by atoms with van der Waals surface area (Å²) in [5.74, 6) is -5.23. The van der Waals surface area contributed by atoms with E-state index in [1.165, 1.54) is 0 Å². The molecular formula is C12H8F3N3O2. The zero-order chi connectivity index (χ0) is 14.4. The molecule has 1 heterocycles. The molecule has 1 aliphatic rings. The van der Waals surface area contributed by atoms with Crippen LogP contribution in [0.4, 0.5) is 13.2 Å². The summed E-state index contributed by atoms with van der Waals surface area (Å²) in [6.07, 6.45) is 1.48. The number of aromatic nitrogens is 3. The van der Waals surface area contributed by atoms with Gasteiger partial charge in [-0.15, -0.1) is 5.10 Å². The van der Waals surface area contributed by atoms with Gasteiger partial charge in [0, 0.05) is 18.1 Å². The number of hydrogen-bond acceptors (Lipinski definition) is 3. The third-order valence-electron chi connectivity index (χ3n) is 2.96. The van der Waals surface area contributed by atoms with Crippen molar-refractivity contribution in [1.82, 2.24) is 14.8 Å². The van der Waals surface area contributed by atoms with Crippen molar-refractivity contribution in [2.45, 2.75) is 18.8 Å². The Kier molecular flexibility index (Phi) is 2.73. The van der Waals surface area contributed by atoms with Gasteiger partial charge in [-0.1, -0.05) is 0 Å². The van der Waals surface area contributed by atoms with E-state index < -0.39 is 34.9 Å². The van der Waals surface area contributed by atoms with Crippen molar-refractivity contribution in [2.24, 2.45) is 0 Å². The van der Waals surface area contributed by atoms with E-state index in [0.717, 1.165) is 17.5 Å². The highest BCUT2D eigenvalue weighted by molar-refractivity contribution is 5.83. The highest BCUT2D eigenvalue weighted by Gasteiger charge is 2.33. The summed E-state index contributed by atoms with van der Waals surface area (Å²) in [4.78, 5) is 14.7. The Morgan fingerprint density at radius 2 is 1.85 bits per heavy atom. The van der Waals surface area contributed by atoms with Crippen LogP contribution in [0.15, 0.2) is 12.1 Å². The Morgan fingerprint density at radius 1 is 1.25 bits per heavy atom. The van der Waals surface area contributed by atoms with E-state index in [-0.39, 0.29) is 11.7 Å². The molecule has 1 aromatic carbocycles. The van der Waals surface area contributed by atoms with Gasteiger partial charge in [0.2, 0.25) is 0 Å². The summed E-state index contributed by atoms with van der Waals surface area (Å²) in [6.45, 7) is 0. The van der Waals surface area contributed by atoms with Gasteiger partial charge >= 0.3 is 5.97 Å². The number of carboxylic acid groups (broad SMARTS) is 1. The van der Waals surface area contributed by atoms with E-state index in [2.05, 4.69) is 10.1 Å². The Hall–Kier alpha value is -2.38. The molecule has 3 rings (SSSR count). The third-order valence-corrected chi connectivity index (χ3v) is 2.96. The molecule has 0 saturated heterocycles. The number of rotatable bonds is 3. The van der Waals surface area contributed by atoms with Crippen LogP contribution in [0.1, 0.15) is 35.2 Å². The van der Waals surface area contributed by atoms with Gasteiger partial charge in [-0.3, -0.25) is 0 Å². The lowest BCUT2D eigenvalue weighted by Crippen LogP contribution is -2.08. The van der Waals surface area contributed by atoms with E-state index in [9.17, 15) is 18.0 Å². The minimum Gasteiger partial charge on any atom is -0.475 e. The lowest BCUT2D eigenvalue weighted by molar-refractivity contribution is 0.0683. The molecule has 2 aromatic rings. The molecule has 0 amide bonds. The van der Waals surface area contributed by atoms with Crippen LogP contribution in [0.25, 0.3) is 5.69 Å². The van der Waals surface area contributed by atoms with Crippen molar-refractivity contribution in [1.29, 1.82) is 0 Å². The van der Waals surface area contributed by atoms with Crippen molar-refractivity contribution < 1.29 is 23.1 Å². The van der Waals surface area contributed by atoms with Gasteiger partial charge in [0.1, 0.15) is 17.3 Å². The van der Waals surface area contributed by atoms with Crippen LogP contribution >= 0.6 is 0 Å². The van der Waals surface area contributed by atoms with Crippen LogP contribution in [0.5, 0.6) is 0 Å². The minimum absolute atomic E-state index is 0.0838. The first-order chi connectivity index (χ1) is 9.47. The van der Waals surface area contributed by atoms with E-state index in [0.29, 0.717) is 12.1 Å². The Bertz CT molecular complexity index is 687. The molecule has 1 aromatic heterocycles. The van der Waals surface area contributed by atoms with Gasteiger partial charge in [-0.2, -0.15) is 0 Å². The lowest BCUT2D eigenvalue weighted by Gasteiger charge is -2.07. The highest BCUT2D eigenvalue weighted by Crippen LogP contribution is 2.40. The van der Waals surface area contributed by atoms with Crippen molar-refractivity contribution in [2.75, 3.05) is 0 Å². The Balaban J connectivity index is 2.21. The van der Waals surface area contributed by atoms with Gasteiger partial charge < -0.3 is 5.11 Å². The number of hydrogen-bond donors (Lipinski definition) is 1. The van der Waals surface area contributed by atoms with Gasteiger partial charge in [-0.05, 0) is 12.8 Å². The zero-order valence-corrected chi connectivity index (χ0v) is 9.98. The number of nitrogens with zero attached hydrogens (tertiary/aromatic N) is 3. The van der Waals surface area contributed by atoms with Crippen molar-refractivity contribution in [3.8, 4) is 5.69 Å². The second kappa shape index (κ2) is 4.32. The first-order valence-corrected chi connectivity index (χ1v) is 5.82. The van der Waals surface area contributed by atoms with Gasteiger partial charge in [0.05, 0.1) is 0 Å². The molecule has 104 valence electrons. The van der Waals surface area contributed by atoms with E-state index >= 15 is 0 Å². The summed E-state index contributed by atoms with van der Waals surface area (Å²) in [7, 11) is 0. The second-order valence-electron chi connectivity index (χ2n) is 4.50. The summed E-state index contributed by atoms with van der Waals surface area (Å²) in [6, 6.07) is 1.02. The second-order valence-corrected chi connectivity index (χ2v) is 4.50. The van der Waals surface area contributed by atoms with Crippen molar-refractivity contribution >= 4 is 5.97 Å². The average Bonchev–Trinajstić information content (AvgIpc) is 3.09. The number of carbonyl (C=O) groups is 1. The normalized spacial score (nSPS) is 14.6. The summed E-state index contributed by atoms with van der Waals surface area (Å²) in [5.41, 5.74) is -0.617. The van der Waals surface area contributed by atoms with Gasteiger partial charge in [0.15, 0.2) is 11.6 Å². The smallest absolute Gasteiger partial charge is 0.375 e. The maximum Gasteiger partial charge on any atom is 0.375 e. The third kappa shape index (κ3) is 2.02. The summed E-state index contributed by atoms with van der Waals surface area (Å²) >= 11 is 0. The number of carboxylic acids is 1. The van der Waals surface area contributed by atoms with Crippen LogP contribution in [-0.2, 0) is 0 Å². The van der Waals surface area contributed by atoms with E-state index in [4.69, 9.17) is 5.11 Å². The summed E-state index contributed by atoms with van der Waals surface area (Å²) in [5, 5.41) is 12.5. The predicted molar refractivity (Wildman–Crippen MR) is 60.2 cm³/mol. The molecule has 1 N–H and O–H groups in total. The maximum absolute atomic E-state index is 13.8. The maximum atomic E-state index is 13.8. The number of halogens is 3. The summed E-state index contributed by atoms with van der Waals surface area (Å²) < 4.78 is 41.2. The number of benzene rings is 1. The van der Waals surface area contributed by atoms with Crippen LogP contribution in [0, 0.1) is 17.5 Å². The highest BCUT2D eigenvalue weighted by atomic mass is 19.1. The fraction of sp³-hybridized carbons (Fsp3) is 0.250. The fourth-order valence-electron chi connectivity index (χ4n) is 1.92. The zero-order valence-electron chi connectivity index (χ0n) is 9.98. The average molecular weight is 283 g/mol. The number of aromatic carboxylic acids is 1. The Morgan fingerprint density at radius 3 is 2.35 bits per heavy atom.